The van der Waals surface area contributed by atoms with E-state index in [1.54, 1.807) is 37.3 Å². The van der Waals surface area contributed by atoms with Gasteiger partial charge in [-0.05, 0) is 24.6 Å². The summed E-state index contributed by atoms with van der Waals surface area (Å²) in [7, 11) is 0. The van der Waals surface area contributed by atoms with E-state index in [4.69, 9.17) is 4.74 Å². The van der Waals surface area contributed by atoms with Gasteiger partial charge in [0, 0.05) is 11.8 Å². The quantitative estimate of drug-likeness (QED) is 0.862. The molecule has 0 aliphatic carbocycles. The number of hydrogen-bond donors (Lipinski definition) is 2. The minimum absolute atomic E-state index is 0.0337. The fourth-order valence-electron chi connectivity index (χ4n) is 2.95. The van der Waals surface area contributed by atoms with Crippen molar-refractivity contribution in [3.8, 4) is 0 Å². The summed E-state index contributed by atoms with van der Waals surface area (Å²) in [6.07, 6.45) is -1.71. The average Bonchev–Trinajstić information content (AvgIpc) is 2.65. The monoisotopic (exact) mass is 361 g/mol. The molecule has 1 fully saturated rings. The second kappa shape index (κ2) is 7.76. The zero-order valence-corrected chi connectivity index (χ0v) is 14.2. The fourth-order valence-corrected chi connectivity index (χ4v) is 2.95. The molecular formula is C18H20FN3O4. The highest BCUT2D eigenvalue weighted by Crippen LogP contribution is 2.27. The highest BCUT2D eigenvalue weighted by molar-refractivity contribution is 6.03. The number of amides is 1. The number of nitrogens with zero attached hydrogens (tertiary/aromatic N) is 2. The molecule has 1 aliphatic rings. The molecule has 7 nitrogen and oxygen atoms in total. The molecule has 0 bridgehead atoms. The molecule has 138 valence electrons. The number of aliphatic hydroxyl groups excluding tert-OH is 1. The van der Waals surface area contributed by atoms with E-state index in [9.17, 15) is 19.1 Å². The Bertz CT molecular complexity index is 827. The maximum absolute atomic E-state index is 14.5. The molecule has 8 heteroatoms. The maximum Gasteiger partial charge on any atom is 0.349 e. The normalized spacial score (nSPS) is 25.7. The Labute approximate surface area is 149 Å². The van der Waals surface area contributed by atoms with Gasteiger partial charge in [0.05, 0.1) is 18.8 Å². The van der Waals surface area contributed by atoms with Gasteiger partial charge in [-0.25, -0.2) is 9.18 Å². The predicted molar refractivity (Wildman–Crippen MR) is 92.9 cm³/mol. The number of ether oxygens (including phenoxy) is 1. The molecule has 2 aromatic rings. The van der Waals surface area contributed by atoms with Crippen molar-refractivity contribution < 1.29 is 19.0 Å². The number of carbonyl (C=O) groups excluding carboxylic acids is 1. The summed E-state index contributed by atoms with van der Waals surface area (Å²) in [5, 5.41) is 12.5. The van der Waals surface area contributed by atoms with Gasteiger partial charge in [0.2, 0.25) is 0 Å². The van der Waals surface area contributed by atoms with E-state index in [1.165, 1.54) is 12.3 Å². The summed E-state index contributed by atoms with van der Waals surface area (Å²) in [5.41, 5.74) is -0.300. The Balaban J connectivity index is 1.76. The summed E-state index contributed by atoms with van der Waals surface area (Å²) >= 11 is 0. The standard InChI is InChI=1S/C18H20FN3O4/c1-2-13-16(23)15(19)12(10-26-13)22-9-8-14(21-18(22)25)20-17(24)11-6-4-3-5-7-11/h3-9,12-13,15-16,23H,2,10H2,1H3,(H,20,21,24,25). The Morgan fingerprint density at radius 2 is 2.12 bits per heavy atom. The molecule has 0 radical (unpaired) electrons. The number of nitrogens with one attached hydrogen (secondary N) is 1. The molecule has 4 atom stereocenters. The minimum atomic E-state index is -1.64. The van der Waals surface area contributed by atoms with Crippen molar-refractivity contribution in [3.63, 3.8) is 0 Å². The van der Waals surface area contributed by atoms with Crippen molar-refractivity contribution in [2.24, 2.45) is 0 Å². The van der Waals surface area contributed by atoms with Gasteiger partial charge in [-0.1, -0.05) is 25.1 Å². The molecule has 0 saturated carbocycles. The van der Waals surface area contributed by atoms with Crippen LogP contribution in [-0.4, -0.2) is 45.6 Å². The third-order valence-electron chi connectivity index (χ3n) is 4.42. The molecule has 26 heavy (non-hydrogen) atoms. The maximum atomic E-state index is 14.5. The van der Waals surface area contributed by atoms with Gasteiger partial charge < -0.3 is 15.2 Å². The first-order valence-electron chi connectivity index (χ1n) is 8.40. The average molecular weight is 361 g/mol. The van der Waals surface area contributed by atoms with Crippen LogP contribution in [-0.2, 0) is 4.74 Å². The summed E-state index contributed by atoms with van der Waals surface area (Å²) in [5.74, 6) is -0.333. The molecule has 1 aromatic heterocycles. The van der Waals surface area contributed by atoms with Crippen LogP contribution in [0.1, 0.15) is 29.7 Å². The first-order chi connectivity index (χ1) is 12.5. The van der Waals surface area contributed by atoms with Gasteiger partial charge in [-0.3, -0.25) is 9.36 Å². The molecular weight excluding hydrogens is 341 g/mol. The van der Waals surface area contributed by atoms with Crippen molar-refractivity contribution in [3.05, 3.63) is 58.6 Å². The largest absolute Gasteiger partial charge is 0.387 e. The van der Waals surface area contributed by atoms with Crippen LogP contribution in [0.15, 0.2) is 47.4 Å². The number of hydrogen-bond acceptors (Lipinski definition) is 5. The van der Waals surface area contributed by atoms with Crippen molar-refractivity contribution in [2.75, 3.05) is 11.9 Å². The van der Waals surface area contributed by atoms with E-state index in [0.717, 1.165) is 4.57 Å². The van der Waals surface area contributed by atoms with Gasteiger partial charge in [0.1, 0.15) is 11.9 Å². The smallest absolute Gasteiger partial charge is 0.349 e. The molecule has 2 N–H and O–H groups in total. The highest BCUT2D eigenvalue weighted by Gasteiger charge is 2.40. The van der Waals surface area contributed by atoms with Gasteiger partial charge in [-0.15, -0.1) is 0 Å². The molecule has 4 unspecified atom stereocenters. The van der Waals surface area contributed by atoms with E-state index >= 15 is 0 Å². The van der Waals surface area contributed by atoms with E-state index in [-0.39, 0.29) is 12.4 Å². The van der Waals surface area contributed by atoms with Crippen molar-refractivity contribution in [2.45, 2.75) is 37.8 Å². The van der Waals surface area contributed by atoms with Crippen LogP contribution in [0.3, 0.4) is 0 Å². The number of aromatic nitrogens is 2. The molecule has 1 saturated heterocycles. The lowest BCUT2D eigenvalue weighted by molar-refractivity contribution is -0.136. The number of carbonyl (C=O) groups is 1. The summed E-state index contributed by atoms with van der Waals surface area (Å²) in [6, 6.07) is 8.94. The lowest BCUT2D eigenvalue weighted by Crippen LogP contribution is -2.50. The first kappa shape index (κ1) is 18.2. The topological polar surface area (TPSA) is 93.5 Å². The molecule has 1 aliphatic heterocycles. The third-order valence-corrected chi connectivity index (χ3v) is 4.42. The lowest BCUT2D eigenvalue weighted by atomic mass is 9.97. The van der Waals surface area contributed by atoms with Crippen LogP contribution in [0, 0.1) is 0 Å². The van der Waals surface area contributed by atoms with Crippen molar-refractivity contribution in [1.82, 2.24) is 9.55 Å². The van der Waals surface area contributed by atoms with Crippen LogP contribution in [0.2, 0.25) is 0 Å². The van der Waals surface area contributed by atoms with Crippen molar-refractivity contribution >= 4 is 11.7 Å². The van der Waals surface area contributed by atoms with Gasteiger partial charge in [-0.2, -0.15) is 4.98 Å². The van der Waals surface area contributed by atoms with E-state index < -0.39 is 36.0 Å². The summed E-state index contributed by atoms with van der Waals surface area (Å²) < 4.78 is 21.0. The number of aliphatic hydroxyl groups is 1. The molecule has 2 heterocycles. The van der Waals surface area contributed by atoms with Crippen LogP contribution in [0.5, 0.6) is 0 Å². The number of alkyl halides is 1. The van der Waals surface area contributed by atoms with Crippen molar-refractivity contribution in [1.29, 1.82) is 0 Å². The second-order valence-electron chi connectivity index (χ2n) is 6.11. The predicted octanol–water partition coefficient (Wildman–Crippen LogP) is 1.54. The van der Waals surface area contributed by atoms with E-state index in [2.05, 4.69) is 10.3 Å². The van der Waals surface area contributed by atoms with Gasteiger partial charge >= 0.3 is 5.69 Å². The zero-order valence-electron chi connectivity index (χ0n) is 14.2. The van der Waals surface area contributed by atoms with Gasteiger partial charge in [0.25, 0.3) is 5.91 Å². The molecule has 1 aromatic carbocycles. The fraction of sp³-hybridized carbons (Fsp3) is 0.389. The van der Waals surface area contributed by atoms with Gasteiger partial charge in [0.15, 0.2) is 6.17 Å². The Hall–Kier alpha value is -2.58. The third kappa shape index (κ3) is 3.66. The Morgan fingerprint density at radius 3 is 2.77 bits per heavy atom. The van der Waals surface area contributed by atoms with E-state index in [1.807, 2.05) is 0 Å². The van der Waals surface area contributed by atoms with Crippen LogP contribution >= 0.6 is 0 Å². The number of rotatable bonds is 4. The lowest BCUT2D eigenvalue weighted by Gasteiger charge is -2.36. The SMILES string of the molecule is CCC1OCC(n2ccc(NC(=O)c3ccccc3)nc2=O)C(F)C1O. The summed E-state index contributed by atoms with van der Waals surface area (Å²) in [4.78, 5) is 28.1. The Kier molecular flexibility index (Phi) is 5.43. The van der Waals surface area contributed by atoms with Crippen LogP contribution in [0.4, 0.5) is 10.2 Å². The first-order valence-corrected chi connectivity index (χ1v) is 8.40. The number of halogens is 1. The summed E-state index contributed by atoms with van der Waals surface area (Å²) in [6.45, 7) is 1.76. The molecule has 3 rings (SSSR count). The number of benzene rings is 1. The van der Waals surface area contributed by atoms with Crippen LogP contribution < -0.4 is 11.0 Å². The second-order valence-corrected chi connectivity index (χ2v) is 6.11. The van der Waals surface area contributed by atoms with E-state index in [0.29, 0.717) is 12.0 Å². The van der Waals surface area contributed by atoms with Crippen LogP contribution in [0.25, 0.3) is 0 Å². The zero-order chi connectivity index (χ0) is 18.7. The number of anilines is 1. The highest BCUT2D eigenvalue weighted by atomic mass is 19.1. The Morgan fingerprint density at radius 1 is 1.38 bits per heavy atom. The molecule has 1 amide bonds. The minimum Gasteiger partial charge on any atom is -0.387 e. The molecule has 0 spiro atoms.